The molecule has 0 fully saturated rings. The zero-order valence-corrected chi connectivity index (χ0v) is 66.3. The van der Waals surface area contributed by atoms with Gasteiger partial charge in [0.2, 0.25) is 0 Å². The second-order valence-corrected chi connectivity index (χ2v) is 32.2. The number of aromatic nitrogens is 3. The summed E-state index contributed by atoms with van der Waals surface area (Å²) in [5, 5.41) is 7.25. The third-order valence-electron chi connectivity index (χ3n) is 25.7. The average Bonchev–Trinajstić information content (AvgIpc) is 1.50. The average molecular weight is 1540 g/mol. The molecular formula is C115H78N6. The fourth-order valence-corrected chi connectivity index (χ4v) is 20.4. The van der Waals surface area contributed by atoms with Gasteiger partial charge >= 0.3 is 0 Å². The van der Waals surface area contributed by atoms with Crippen LogP contribution in [0.4, 0.5) is 45.5 Å². The molecule has 3 heterocycles. The van der Waals surface area contributed by atoms with Gasteiger partial charge in [-0.15, -0.1) is 0 Å². The summed E-state index contributed by atoms with van der Waals surface area (Å²) in [5.74, 6) is 0. The first-order valence-electron chi connectivity index (χ1n) is 42.0. The van der Waals surface area contributed by atoms with Crippen LogP contribution in [-0.4, -0.2) is 13.7 Å². The zero-order valence-electron chi connectivity index (χ0n) is 66.3. The Bertz CT molecular complexity index is 7690. The van der Waals surface area contributed by atoms with Crippen LogP contribution in [0.3, 0.4) is 0 Å². The minimum Gasteiger partial charge on any atom is -0.314 e. The maximum atomic E-state index is 2.57. The fraction of sp³-hybridized carbons (Fsp3) is 0.0261. The van der Waals surface area contributed by atoms with Crippen molar-refractivity contribution in [3.05, 3.63) is 482 Å². The van der Waals surface area contributed by atoms with E-state index in [-0.39, 0.29) is 0 Å². The van der Waals surface area contributed by atoms with Gasteiger partial charge in [0, 0.05) is 101 Å². The summed E-state index contributed by atoms with van der Waals surface area (Å²) in [7, 11) is 0. The van der Waals surface area contributed by atoms with Crippen LogP contribution < -0.4 is 14.7 Å². The number of allylic oxidation sites excluding steroid dienone is 4. The Labute approximate surface area is 702 Å². The molecule has 6 heteroatoms. The van der Waals surface area contributed by atoms with Crippen LogP contribution in [0.5, 0.6) is 0 Å². The number of anilines is 8. The van der Waals surface area contributed by atoms with Gasteiger partial charge in [0.05, 0.1) is 38.5 Å². The Hall–Kier alpha value is -15.8. The van der Waals surface area contributed by atoms with E-state index in [1.54, 1.807) is 0 Å². The first-order chi connectivity index (χ1) is 60.0. The molecule has 24 rings (SSSR count). The van der Waals surface area contributed by atoms with E-state index in [2.05, 4.69) is 477 Å². The van der Waals surface area contributed by atoms with Crippen LogP contribution in [-0.2, 0) is 5.41 Å². The van der Waals surface area contributed by atoms with Crippen molar-refractivity contribution in [3.63, 3.8) is 0 Å². The molecule has 0 N–H and O–H groups in total. The molecule has 6 nitrogen and oxygen atoms in total. The van der Waals surface area contributed by atoms with Crippen molar-refractivity contribution in [2.45, 2.75) is 18.3 Å². The van der Waals surface area contributed by atoms with Gasteiger partial charge in [-0.1, -0.05) is 273 Å². The minimum atomic E-state index is -0.606. The van der Waals surface area contributed by atoms with Crippen molar-refractivity contribution in [2.75, 3.05) is 14.7 Å². The van der Waals surface area contributed by atoms with E-state index in [4.69, 9.17) is 0 Å². The molecule has 0 bridgehead atoms. The van der Waals surface area contributed by atoms with Crippen molar-refractivity contribution in [1.82, 2.24) is 13.7 Å². The Kier molecular flexibility index (Phi) is 16.2. The Morgan fingerprint density at radius 1 is 0.190 bits per heavy atom. The summed E-state index contributed by atoms with van der Waals surface area (Å²) in [6.45, 7) is 0. The van der Waals surface area contributed by atoms with Crippen LogP contribution in [0.2, 0.25) is 0 Å². The Morgan fingerprint density at radius 2 is 0.554 bits per heavy atom. The number of nitrogens with zero attached hydrogens (tertiary/aromatic N) is 6. The topological polar surface area (TPSA) is 24.5 Å². The second-order valence-electron chi connectivity index (χ2n) is 32.2. The largest absolute Gasteiger partial charge is 0.314 e. The zero-order chi connectivity index (χ0) is 79.6. The van der Waals surface area contributed by atoms with E-state index in [1.165, 1.54) is 116 Å². The van der Waals surface area contributed by atoms with Crippen LogP contribution in [0, 0.1) is 0 Å². The van der Waals surface area contributed by atoms with Crippen LogP contribution in [0.15, 0.2) is 455 Å². The predicted octanol–water partition coefficient (Wildman–Crippen LogP) is 30.5. The molecule has 0 saturated heterocycles. The third kappa shape index (κ3) is 11.2. The van der Waals surface area contributed by atoms with E-state index in [1.807, 2.05) is 0 Å². The molecule has 3 aromatic heterocycles. The summed E-state index contributed by atoms with van der Waals surface area (Å²) in [6, 6.07) is 162. The summed E-state index contributed by atoms with van der Waals surface area (Å²) in [5.41, 5.74) is 37.3. The van der Waals surface area contributed by atoms with Crippen molar-refractivity contribution < 1.29 is 0 Å². The lowest BCUT2D eigenvalue weighted by Crippen LogP contribution is -2.26. The number of hydrogen-bond donors (Lipinski definition) is 0. The Balaban J connectivity index is 0.606. The summed E-state index contributed by atoms with van der Waals surface area (Å²) in [4.78, 5) is 7.33. The molecule has 21 aromatic rings. The summed E-state index contributed by atoms with van der Waals surface area (Å²) < 4.78 is 7.28. The van der Waals surface area contributed by atoms with Crippen molar-refractivity contribution in [2.24, 2.45) is 0 Å². The first kappa shape index (κ1) is 69.5. The van der Waals surface area contributed by atoms with E-state index in [0.29, 0.717) is 0 Å². The lowest BCUT2D eigenvalue weighted by atomic mass is 9.70. The lowest BCUT2D eigenvalue weighted by molar-refractivity contribution is 0.793. The molecule has 3 aliphatic carbocycles. The maximum absolute atomic E-state index is 2.57. The van der Waals surface area contributed by atoms with Gasteiger partial charge in [0.25, 0.3) is 0 Å². The number of fused-ring (bicyclic) bond motifs is 19. The molecule has 568 valence electrons. The normalized spacial score (nSPS) is 13.1. The first-order valence-corrected chi connectivity index (χ1v) is 42.0. The molecule has 0 unspecified atom stereocenters. The van der Waals surface area contributed by atoms with Gasteiger partial charge in [-0.3, -0.25) is 0 Å². The lowest BCUT2D eigenvalue weighted by Gasteiger charge is -2.33. The quantitative estimate of drug-likeness (QED) is 0.102. The van der Waals surface area contributed by atoms with Crippen LogP contribution in [0.25, 0.3) is 133 Å². The van der Waals surface area contributed by atoms with Crippen molar-refractivity contribution in [3.8, 4) is 61.6 Å². The van der Waals surface area contributed by atoms with Gasteiger partial charge < -0.3 is 28.4 Å². The molecule has 0 aliphatic heterocycles. The van der Waals surface area contributed by atoms with E-state index < -0.39 is 5.41 Å². The second kappa shape index (κ2) is 28.3. The monoisotopic (exact) mass is 1540 g/mol. The minimum absolute atomic E-state index is 0.606. The van der Waals surface area contributed by atoms with Crippen molar-refractivity contribution in [1.29, 1.82) is 0 Å². The smallest absolute Gasteiger partial charge is 0.0726 e. The molecular weight excluding hydrogens is 1470 g/mol. The van der Waals surface area contributed by atoms with E-state index in [0.717, 1.165) is 109 Å². The van der Waals surface area contributed by atoms with Crippen molar-refractivity contribution >= 4 is 116 Å². The van der Waals surface area contributed by atoms with E-state index in [9.17, 15) is 0 Å². The molecule has 18 aromatic carbocycles. The molecule has 0 amide bonds. The maximum Gasteiger partial charge on any atom is 0.0726 e. The molecule has 3 aliphatic rings. The molecule has 0 atom stereocenters. The molecule has 0 saturated carbocycles. The summed E-state index contributed by atoms with van der Waals surface area (Å²) in [6.07, 6.45) is 6.53. The highest BCUT2D eigenvalue weighted by molar-refractivity contribution is 6.14. The summed E-state index contributed by atoms with van der Waals surface area (Å²) >= 11 is 0. The molecule has 121 heavy (non-hydrogen) atoms. The molecule has 1 spiro atoms. The number of para-hydroxylation sites is 7. The number of rotatable bonds is 15. The van der Waals surface area contributed by atoms with Crippen LogP contribution in [0.1, 0.15) is 40.7 Å². The van der Waals surface area contributed by atoms with Crippen LogP contribution >= 0.6 is 0 Å². The highest BCUT2D eigenvalue weighted by atomic mass is 15.2. The van der Waals surface area contributed by atoms with E-state index >= 15 is 0 Å². The van der Waals surface area contributed by atoms with Gasteiger partial charge in [-0.05, 0) is 267 Å². The Morgan fingerprint density at radius 3 is 1.10 bits per heavy atom. The van der Waals surface area contributed by atoms with Gasteiger partial charge in [-0.25, -0.2) is 0 Å². The molecule has 0 radical (unpaired) electrons. The van der Waals surface area contributed by atoms with Gasteiger partial charge in [0.15, 0.2) is 0 Å². The van der Waals surface area contributed by atoms with Gasteiger partial charge in [0.1, 0.15) is 0 Å². The predicted molar refractivity (Wildman–Crippen MR) is 506 cm³/mol. The highest BCUT2D eigenvalue weighted by Crippen LogP contribution is 2.64. The fourth-order valence-electron chi connectivity index (χ4n) is 20.4. The van der Waals surface area contributed by atoms with Gasteiger partial charge in [-0.2, -0.15) is 0 Å². The number of benzene rings is 18. The third-order valence-corrected chi connectivity index (χ3v) is 25.7. The number of hydrogen-bond acceptors (Lipinski definition) is 3. The standard InChI is InChI=1S/C115H78N6/c1-7-27-77(28-8-1)78-47-59-90(60-48-78)118(94-62-67-100-98-41-21-25-45-109(98)120(114(100)76-94)86-35-15-5-16-36-86)93-61-66-97-102-71-81(54-68-107(102)115(108(97)75-93)105-43-23-19-39-95(105)96-40-20-24-44-106(96)115)82-53-65-101-104-74-92(64-70-112(104)121(113(101)72-82)87-37-17-6-18-38-87)117(84-31-11-3-12-32-84)89-57-51-80(52-58-89)79-49-55-88(56-50-79)116(83-29-9-2-10-30-83)91-63-69-111-103(73-91)99-42-22-26-46-110(99)119(111)85-33-13-4-14-34-85/h1-47,49-59,61-76H,48,60H2. The SMILES string of the molecule is C1=C(c2ccccc2)CCC(N(c2ccc3c(c2)C2(c4ccccc4-c4ccccc42)c2ccc(-c4ccc5c6cc(N(c7ccccc7)c7ccc(-c8ccc(N(c9ccccc9)c9ccc%10c(c9)c9ccccc9n%10-c9ccccc9)cc8)cc7)ccc6n(-c6ccccc6)c5c4)cc2-3)c2ccc3c4ccccc4n(-c4ccccc4)c3c2)=C1. The highest BCUT2D eigenvalue weighted by Gasteiger charge is 2.52.